The van der Waals surface area contributed by atoms with E-state index in [2.05, 4.69) is 31.7 Å². The van der Waals surface area contributed by atoms with Crippen LogP contribution in [0.3, 0.4) is 0 Å². The van der Waals surface area contributed by atoms with Crippen LogP contribution in [-0.2, 0) is 13.0 Å². The Kier molecular flexibility index (Phi) is 4.81. The fourth-order valence-electron chi connectivity index (χ4n) is 2.47. The fourth-order valence-corrected chi connectivity index (χ4v) is 2.47. The quantitative estimate of drug-likeness (QED) is 0.820. The van der Waals surface area contributed by atoms with Crippen LogP contribution in [0, 0.1) is 5.92 Å². The number of aryl methyl sites for hydroxylation is 1. The first-order chi connectivity index (χ1) is 9.13. The molecule has 0 unspecified atom stereocenters. The minimum Gasteiger partial charge on any atom is -0.392 e. The highest BCUT2D eigenvalue weighted by molar-refractivity contribution is 5.45. The van der Waals surface area contributed by atoms with E-state index in [1.807, 2.05) is 6.07 Å². The lowest BCUT2D eigenvalue weighted by Crippen LogP contribution is -2.31. The first-order valence-corrected chi connectivity index (χ1v) is 7.51. The minimum atomic E-state index is 0.104. The summed E-state index contributed by atoms with van der Waals surface area (Å²) >= 11 is 0. The number of anilines is 1. The van der Waals surface area contributed by atoms with Crippen LogP contribution in [0.4, 0.5) is 5.82 Å². The SMILES string of the molecule is CCCc1cc(CO)cc(N(CC(C)C)C2CC2)n1. The normalized spacial score (nSPS) is 15.0. The molecule has 0 atom stereocenters. The number of nitrogens with zero attached hydrogens (tertiary/aromatic N) is 2. The first-order valence-electron chi connectivity index (χ1n) is 7.51. The second-order valence-corrected chi connectivity index (χ2v) is 6.01. The van der Waals surface area contributed by atoms with Gasteiger partial charge in [-0.1, -0.05) is 27.2 Å². The van der Waals surface area contributed by atoms with Gasteiger partial charge in [0.05, 0.1) is 6.61 Å². The first kappa shape index (κ1) is 14.3. The third-order valence-corrected chi connectivity index (χ3v) is 3.46. The number of hydrogen-bond acceptors (Lipinski definition) is 3. The minimum absolute atomic E-state index is 0.104. The van der Waals surface area contributed by atoms with Gasteiger partial charge in [-0.2, -0.15) is 0 Å². The molecule has 0 bridgehead atoms. The Morgan fingerprint density at radius 1 is 1.37 bits per heavy atom. The van der Waals surface area contributed by atoms with Crippen molar-refractivity contribution in [2.24, 2.45) is 5.92 Å². The van der Waals surface area contributed by atoms with Crippen molar-refractivity contribution < 1.29 is 5.11 Å². The van der Waals surface area contributed by atoms with E-state index in [4.69, 9.17) is 4.98 Å². The van der Waals surface area contributed by atoms with Gasteiger partial charge in [0.15, 0.2) is 0 Å². The number of rotatable bonds is 7. The summed E-state index contributed by atoms with van der Waals surface area (Å²) in [5.74, 6) is 1.70. The second kappa shape index (κ2) is 6.38. The molecule has 3 heteroatoms. The zero-order valence-corrected chi connectivity index (χ0v) is 12.4. The van der Waals surface area contributed by atoms with Crippen molar-refractivity contribution in [3.05, 3.63) is 23.4 Å². The van der Waals surface area contributed by atoms with Crippen molar-refractivity contribution in [1.82, 2.24) is 4.98 Å². The number of hydrogen-bond donors (Lipinski definition) is 1. The van der Waals surface area contributed by atoms with Crippen molar-refractivity contribution in [1.29, 1.82) is 0 Å². The average molecular weight is 262 g/mol. The van der Waals surface area contributed by atoms with Crippen molar-refractivity contribution in [3.8, 4) is 0 Å². The average Bonchev–Trinajstić information content (AvgIpc) is 3.20. The molecule has 1 aromatic heterocycles. The molecule has 0 radical (unpaired) electrons. The highest BCUT2D eigenvalue weighted by Gasteiger charge is 2.30. The molecule has 106 valence electrons. The predicted molar refractivity (Wildman–Crippen MR) is 79.4 cm³/mol. The Morgan fingerprint density at radius 2 is 2.11 bits per heavy atom. The van der Waals surface area contributed by atoms with Crippen LogP contribution in [-0.4, -0.2) is 22.7 Å². The predicted octanol–water partition coefficient (Wildman–Crippen LogP) is 3.15. The molecule has 1 N–H and O–H groups in total. The van der Waals surface area contributed by atoms with Crippen molar-refractivity contribution in [2.45, 2.75) is 59.1 Å². The van der Waals surface area contributed by atoms with Gasteiger partial charge in [-0.3, -0.25) is 0 Å². The van der Waals surface area contributed by atoms with Gasteiger partial charge in [0.2, 0.25) is 0 Å². The van der Waals surface area contributed by atoms with Crippen LogP contribution in [0.5, 0.6) is 0 Å². The van der Waals surface area contributed by atoms with Crippen LogP contribution in [0.25, 0.3) is 0 Å². The van der Waals surface area contributed by atoms with Gasteiger partial charge in [-0.05, 0) is 42.9 Å². The van der Waals surface area contributed by atoms with Gasteiger partial charge in [0.1, 0.15) is 5.82 Å². The van der Waals surface area contributed by atoms with E-state index in [-0.39, 0.29) is 6.61 Å². The molecule has 0 aromatic carbocycles. The molecule has 1 saturated carbocycles. The summed E-state index contributed by atoms with van der Waals surface area (Å²) in [6, 6.07) is 4.76. The maximum absolute atomic E-state index is 9.43. The van der Waals surface area contributed by atoms with E-state index in [1.54, 1.807) is 0 Å². The van der Waals surface area contributed by atoms with Gasteiger partial charge < -0.3 is 10.0 Å². The Hall–Kier alpha value is -1.09. The molecule has 19 heavy (non-hydrogen) atoms. The molecular weight excluding hydrogens is 236 g/mol. The highest BCUT2D eigenvalue weighted by atomic mass is 16.3. The summed E-state index contributed by atoms with van der Waals surface area (Å²) in [4.78, 5) is 7.23. The Morgan fingerprint density at radius 3 is 2.63 bits per heavy atom. The summed E-state index contributed by atoms with van der Waals surface area (Å²) in [7, 11) is 0. The van der Waals surface area contributed by atoms with E-state index < -0.39 is 0 Å². The molecule has 0 spiro atoms. The zero-order valence-electron chi connectivity index (χ0n) is 12.4. The lowest BCUT2D eigenvalue weighted by Gasteiger charge is -2.26. The summed E-state index contributed by atoms with van der Waals surface area (Å²) < 4.78 is 0. The van der Waals surface area contributed by atoms with Gasteiger partial charge >= 0.3 is 0 Å². The van der Waals surface area contributed by atoms with Crippen molar-refractivity contribution in [2.75, 3.05) is 11.4 Å². The molecule has 0 saturated heterocycles. The topological polar surface area (TPSA) is 36.4 Å². The lowest BCUT2D eigenvalue weighted by molar-refractivity contribution is 0.281. The van der Waals surface area contributed by atoms with Gasteiger partial charge in [-0.15, -0.1) is 0 Å². The number of pyridine rings is 1. The van der Waals surface area contributed by atoms with Crippen molar-refractivity contribution in [3.63, 3.8) is 0 Å². The smallest absolute Gasteiger partial charge is 0.129 e. The molecule has 1 aliphatic carbocycles. The van der Waals surface area contributed by atoms with Gasteiger partial charge in [-0.25, -0.2) is 4.98 Å². The molecular formula is C16H26N2O. The lowest BCUT2D eigenvalue weighted by atomic mass is 10.1. The largest absolute Gasteiger partial charge is 0.392 e. The standard InChI is InChI=1S/C16H26N2O/c1-4-5-14-8-13(11-19)9-16(17-14)18(10-12(2)3)15-6-7-15/h8-9,12,15,19H,4-7,10-11H2,1-3H3. The summed E-state index contributed by atoms with van der Waals surface area (Å²) in [6.45, 7) is 7.82. The van der Waals surface area contributed by atoms with E-state index in [1.165, 1.54) is 12.8 Å². The number of aliphatic hydroxyl groups is 1. The van der Waals surface area contributed by atoms with Crippen LogP contribution in [0.15, 0.2) is 12.1 Å². The van der Waals surface area contributed by atoms with Gasteiger partial charge in [0, 0.05) is 18.3 Å². The van der Waals surface area contributed by atoms with Crippen LogP contribution >= 0.6 is 0 Å². The molecule has 0 aliphatic heterocycles. The van der Waals surface area contributed by atoms with Crippen molar-refractivity contribution >= 4 is 5.82 Å². The third kappa shape index (κ3) is 3.93. The van der Waals surface area contributed by atoms with E-state index >= 15 is 0 Å². The molecule has 1 fully saturated rings. The maximum atomic E-state index is 9.43. The highest BCUT2D eigenvalue weighted by Crippen LogP contribution is 2.32. The second-order valence-electron chi connectivity index (χ2n) is 6.01. The molecule has 1 heterocycles. The van der Waals surface area contributed by atoms with Gasteiger partial charge in [0.25, 0.3) is 0 Å². The summed E-state index contributed by atoms with van der Waals surface area (Å²) in [6.07, 6.45) is 4.64. The van der Waals surface area contributed by atoms with E-state index in [9.17, 15) is 5.11 Å². The van der Waals surface area contributed by atoms with E-state index in [0.29, 0.717) is 12.0 Å². The number of aliphatic hydroxyl groups excluding tert-OH is 1. The van der Waals surface area contributed by atoms with E-state index in [0.717, 1.165) is 36.5 Å². The van der Waals surface area contributed by atoms with Crippen LogP contribution in [0.2, 0.25) is 0 Å². The van der Waals surface area contributed by atoms with Crippen LogP contribution in [0.1, 0.15) is 51.3 Å². The fraction of sp³-hybridized carbons (Fsp3) is 0.688. The molecule has 1 aliphatic rings. The Labute approximate surface area is 116 Å². The molecule has 3 nitrogen and oxygen atoms in total. The maximum Gasteiger partial charge on any atom is 0.129 e. The molecule has 0 amide bonds. The Balaban J connectivity index is 2.26. The molecule has 1 aromatic rings. The summed E-state index contributed by atoms with van der Waals surface area (Å²) in [5, 5.41) is 9.43. The Bertz CT molecular complexity index is 413. The number of aromatic nitrogens is 1. The van der Waals surface area contributed by atoms with Crippen LogP contribution < -0.4 is 4.90 Å². The monoisotopic (exact) mass is 262 g/mol. The zero-order chi connectivity index (χ0) is 13.8. The molecule has 2 rings (SSSR count). The third-order valence-electron chi connectivity index (χ3n) is 3.46. The summed E-state index contributed by atoms with van der Waals surface area (Å²) in [5.41, 5.74) is 2.10.